The van der Waals surface area contributed by atoms with Crippen LogP contribution in [-0.4, -0.2) is 55.6 Å². The van der Waals surface area contributed by atoms with Crippen LogP contribution in [0.2, 0.25) is 0 Å². The zero-order valence-corrected chi connectivity index (χ0v) is 20.9. The molecule has 0 atom stereocenters. The Morgan fingerprint density at radius 1 is 1.17 bits per heavy atom. The first-order valence-electron chi connectivity index (χ1n) is 11.3. The molecular weight excluding hydrogens is 490 g/mol. The van der Waals surface area contributed by atoms with Crippen LogP contribution in [0.1, 0.15) is 37.7 Å². The Bertz CT molecular complexity index is 1320. The van der Waals surface area contributed by atoms with Gasteiger partial charge < -0.3 is 15.3 Å². The molecule has 0 spiro atoms. The number of oxime groups is 1. The van der Waals surface area contributed by atoms with E-state index in [1.807, 2.05) is 0 Å². The molecule has 0 saturated heterocycles. The Hall–Kier alpha value is -3.09. The number of carbonyl (C=O) groups is 1. The summed E-state index contributed by atoms with van der Waals surface area (Å²) < 4.78 is 30.1. The van der Waals surface area contributed by atoms with Crippen molar-refractivity contribution in [2.45, 2.75) is 43.1 Å². The number of amides is 1. The highest BCUT2D eigenvalue weighted by atomic mass is 32.2. The molecule has 0 aliphatic heterocycles. The molecule has 12 heteroatoms. The van der Waals surface area contributed by atoms with Crippen LogP contribution in [-0.2, 0) is 24.2 Å². The first-order valence-corrected chi connectivity index (χ1v) is 13.7. The smallest absolute Gasteiger partial charge is 0.280 e. The average molecular weight is 518 g/mol. The van der Waals surface area contributed by atoms with Gasteiger partial charge in [0.15, 0.2) is 20.7 Å². The Labute approximate surface area is 207 Å². The van der Waals surface area contributed by atoms with Crippen molar-refractivity contribution in [2.24, 2.45) is 5.16 Å². The molecule has 1 saturated carbocycles. The second-order valence-electron chi connectivity index (χ2n) is 8.17. The lowest BCUT2D eigenvalue weighted by atomic mass is 10.1. The Kier molecular flexibility index (Phi) is 7.93. The summed E-state index contributed by atoms with van der Waals surface area (Å²) in [6.45, 7) is 0.362. The van der Waals surface area contributed by atoms with Crippen molar-refractivity contribution in [2.75, 3.05) is 30.5 Å². The van der Waals surface area contributed by atoms with Gasteiger partial charge in [0.05, 0.1) is 10.6 Å². The number of hydrogen-bond donors (Lipinski definition) is 2. The van der Waals surface area contributed by atoms with Crippen LogP contribution in [0.5, 0.6) is 0 Å². The number of rotatable bonds is 10. The molecule has 10 nitrogen and oxygen atoms in total. The fourth-order valence-electron chi connectivity index (χ4n) is 3.72. The van der Waals surface area contributed by atoms with Gasteiger partial charge >= 0.3 is 0 Å². The predicted octanol–water partition coefficient (Wildman–Crippen LogP) is 3.39. The normalized spacial score (nSPS) is 14.9. The molecule has 35 heavy (non-hydrogen) atoms. The molecule has 0 radical (unpaired) electrons. The number of fused-ring (bicyclic) bond motifs is 1. The lowest BCUT2D eigenvalue weighted by Gasteiger charge is -2.11. The van der Waals surface area contributed by atoms with Crippen LogP contribution < -0.4 is 11.1 Å². The monoisotopic (exact) mass is 517 g/mol. The molecule has 0 bridgehead atoms. The third kappa shape index (κ3) is 6.32. The highest BCUT2D eigenvalue weighted by molar-refractivity contribution is 7.91. The van der Waals surface area contributed by atoms with E-state index in [-0.39, 0.29) is 22.5 Å². The standard InChI is InChI=1S/C23H27N5O5S2/c1-32-13-4-14-35(30,31)17-9-7-15(8-10-17)20(28-33-16-5-2-3-6-16)21(29)27-23-25-18-11-12-19(24)26-22(18)34-23/h7-12,16H,2-6,13-14H2,1H3,(H2,24,26)(H,25,27,29)/b28-20+. The first kappa shape index (κ1) is 25.0. The molecule has 1 fully saturated rings. The van der Waals surface area contributed by atoms with E-state index in [1.165, 1.54) is 30.6 Å². The largest absolute Gasteiger partial charge is 0.392 e. The van der Waals surface area contributed by atoms with E-state index in [0.29, 0.717) is 39.9 Å². The van der Waals surface area contributed by atoms with Crippen LogP contribution in [0, 0.1) is 0 Å². The number of sulfone groups is 1. The molecule has 1 aliphatic rings. The van der Waals surface area contributed by atoms with Gasteiger partial charge in [-0.05, 0) is 56.4 Å². The summed E-state index contributed by atoms with van der Waals surface area (Å²) in [7, 11) is -1.94. The Morgan fingerprint density at radius 2 is 1.91 bits per heavy atom. The number of nitrogens with zero attached hydrogens (tertiary/aromatic N) is 3. The molecule has 0 unspecified atom stereocenters. The topological polar surface area (TPSA) is 146 Å². The van der Waals surface area contributed by atoms with E-state index in [9.17, 15) is 13.2 Å². The molecule has 2 heterocycles. The number of nitrogens with one attached hydrogen (secondary N) is 1. The zero-order chi connectivity index (χ0) is 24.8. The van der Waals surface area contributed by atoms with Crippen molar-refractivity contribution in [3.05, 3.63) is 42.0 Å². The minimum Gasteiger partial charge on any atom is -0.392 e. The third-order valence-electron chi connectivity index (χ3n) is 5.56. The summed E-state index contributed by atoms with van der Waals surface area (Å²) in [6, 6.07) is 9.43. The molecule has 186 valence electrons. The van der Waals surface area contributed by atoms with Crippen LogP contribution in [0.4, 0.5) is 10.9 Å². The quantitative estimate of drug-likeness (QED) is 0.236. The Balaban J connectivity index is 1.57. The van der Waals surface area contributed by atoms with Crippen molar-refractivity contribution < 1.29 is 22.8 Å². The van der Waals surface area contributed by atoms with Crippen LogP contribution in [0.3, 0.4) is 0 Å². The zero-order valence-electron chi connectivity index (χ0n) is 19.3. The number of nitrogen functional groups attached to an aromatic ring is 1. The van der Waals surface area contributed by atoms with Gasteiger partial charge in [0.25, 0.3) is 5.91 Å². The molecular formula is C23H27N5O5S2. The number of thiazole rings is 1. The van der Waals surface area contributed by atoms with Crippen molar-refractivity contribution in [1.82, 2.24) is 9.97 Å². The molecule has 1 aliphatic carbocycles. The Morgan fingerprint density at radius 3 is 2.63 bits per heavy atom. The highest BCUT2D eigenvalue weighted by Gasteiger charge is 2.22. The number of ether oxygens (including phenoxy) is 1. The van der Waals surface area contributed by atoms with E-state index in [1.54, 1.807) is 24.3 Å². The minimum absolute atomic E-state index is 0.0252. The molecule has 1 amide bonds. The second kappa shape index (κ2) is 11.1. The third-order valence-corrected chi connectivity index (χ3v) is 8.25. The minimum atomic E-state index is -3.46. The fourth-order valence-corrected chi connectivity index (χ4v) is 5.84. The van der Waals surface area contributed by atoms with Gasteiger partial charge in [-0.15, -0.1) is 0 Å². The van der Waals surface area contributed by atoms with E-state index in [0.717, 1.165) is 25.7 Å². The maximum atomic E-state index is 13.2. The van der Waals surface area contributed by atoms with Gasteiger partial charge in [0.2, 0.25) is 0 Å². The van der Waals surface area contributed by atoms with Crippen molar-refractivity contribution in [3.8, 4) is 0 Å². The lowest BCUT2D eigenvalue weighted by Crippen LogP contribution is -2.25. The number of aromatic nitrogens is 2. The van der Waals surface area contributed by atoms with Gasteiger partial charge in [-0.25, -0.2) is 18.4 Å². The van der Waals surface area contributed by atoms with Crippen molar-refractivity contribution in [3.63, 3.8) is 0 Å². The van der Waals surface area contributed by atoms with Crippen molar-refractivity contribution >= 4 is 54.1 Å². The van der Waals surface area contributed by atoms with E-state index in [4.69, 9.17) is 15.3 Å². The van der Waals surface area contributed by atoms with Crippen LogP contribution in [0.15, 0.2) is 46.4 Å². The van der Waals surface area contributed by atoms with Crippen molar-refractivity contribution in [1.29, 1.82) is 0 Å². The number of anilines is 2. The molecule has 2 aromatic heterocycles. The maximum absolute atomic E-state index is 13.2. The fraction of sp³-hybridized carbons (Fsp3) is 0.391. The van der Waals surface area contributed by atoms with E-state index in [2.05, 4.69) is 20.4 Å². The first-order chi connectivity index (χ1) is 16.9. The van der Waals surface area contributed by atoms with Gasteiger partial charge in [-0.3, -0.25) is 10.1 Å². The number of carbonyl (C=O) groups excluding carboxylic acids is 1. The number of benzene rings is 1. The number of hydrogen-bond acceptors (Lipinski definition) is 10. The molecule has 3 aromatic rings. The lowest BCUT2D eigenvalue weighted by molar-refractivity contribution is -0.110. The molecule has 4 rings (SSSR count). The van der Waals surface area contributed by atoms with E-state index < -0.39 is 15.7 Å². The summed E-state index contributed by atoms with van der Waals surface area (Å²) in [6.07, 6.45) is 4.21. The van der Waals surface area contributed by atoms with Gasteiger partial charge in [0, 0.05) is 19.3 Å². The van der Waals surface area contributed by atoms with Gasteiger partial charge in [-0.2, -0.15) is 0 Å². The summed E-state index contributed by atoms with van der Waals surface area (Å²) in [5.41, 5.74) is 6.81. The van der Waals surface area contributed by atoms with E-state index >= 15 is 0 Å². The number of pyridine rings is 1. The molecule has 3 N–H and O–H groups in total. The molecule has 1 aromatic carbocycles. The second-order valence-corrected chi connectivity index (χ2v) is 11.3. The predicted molar refractivity (Wildman–Crippen MR) is 135 cm³/mol. The summed E-state index contributed by atoms with van der Waals surface area (Å²) >= 11 is 1.19. The van der Waals surface area contributed by atoms with Gasteiger partial charge in [-0.1, -0.05) is 28.6 Å². The van der Waals surface area contributed by atoms with Gasteiger partial charge in [0.1, 0.15) is 22.3 Å². The highest BCUT2D eigenvalue weighted by Crippen LogP contribution is 2.26. The SMILES string of the molecule is COCCCS(=O)(=O)c1ccc(/C(=N\OC2CCCC2)C(=O)Nc2nc3ccc(N)nc3s2)cc1. The van der Waals surface area contributed by atoms with Crippen LogP contribution >= 0.6 is 11.3 Å². The summed E-state index contributed by atoms with van der Waals surface area (Å²) in [4.78, 5) is 28.2. The maximum Gasteiger partial charge on any atom is 0.280 e. The average Bonchev–Trinajstić information content (AvgIpc) is 3.49. The summed E-state index contributed by atoms with van der Waals surface area (Å²) in [5.74, 6) is -0.183. The summed E-state index contributed by atoms with van der Waals surface area (Å²) in [5, 5.41) is 7.26. The van der Waals surface area contributed by atoms with Crippen LogP contribution in [0.25, 0.3) is 10.3 Å². The number of methoxy groups -OCH3 is 1. The number of nitrogens with two attached hydrogens (primary N) is 1.